The third-order valence-electron chi connectivity index (χ3n) is 2.65. The lowest BCUT2D eigenvalue weighted by Crippen LogP contribution is -2.16. The average molecular weight is 211 g/mol. The molecule has 2 heterocycles. The van der Waals surface area contributed by atoms with E-state index in [1.165, 1.54) is 10.9 Å². The molecular weight excluding hydrogens is 198 g/mol. The van der Waals surface area contributed by atoms with Crippen LogP contribution in [0.4, 0.5) is 5.69 Å². The van der Waals surface area contributed by atoms with Gasteiger partial charge in [-0.2, -0.15) is 5.10 Å². The van der Waals surface area contributed by atoms with Crippen molar-refractivity contribution < 1.29 is 9.66 Å². The molecule has 0 saturated carbocycles. The number of rotatable bonds is 2. The molecule has 82 valence electrons. The van der Waals surface area contributed by atoms with Crippen LogP contribution in [0.25, 0.3) is 0 Å². The highest BCUT2D eigenvalue weighted by Crippen LogP contribution is 2.33. The van der Waals surface area contributed by atoms with Gasteiger partial charge in [-0.05, 0) is 19.3 Å². The van der Waals surface area contributed by atoms with Crippen LogP contribution in [0, 0.1) is 10.1 Å². The fourth-order valence-corrected chi connectivity index (χ4v) is 1.91. The Balaban J connectivity index is 2.32. The molecule has 0 bridgehead atoms. The van der Waals surface area contributed by atoms with Crippen molar-refractivity contribution in [3.8, 4) is 0 Å². The van der Waals surface area contributed by atoms with E-state index in [9.17, 15) is 10.1 Å². The molecule has 0 spiro atoms. The number of nitro groups is 1. The van der Waals surface area contributed by atoms with Crippen LogP contribution in [0.2, 0.25) is 0 Å². The van der Waals surface area contributed by atoms with Crippen LogP contribution in [0.1, 0.15) is 31.1 Å². The predicted molar refractivity (Wildman–Crippen MR) is 52.4 cm³/mol. The molecule has 0 amide bonds. The molecule has 6 nitrogen and oxygen atoms in total. The largest absolute Gasteiger partial charge is 0.372 e. The van der Waals surface area contributed by atoms with E-state index < -0.39 is 4.92 Å². The number of aromatic nitrogens is 2. The van der Waals surface area contributed by atoms with E-state index >= 15 is 0 Å². The lowest BCUT2D eigenvalue weighted by atomic mass is 10.1. The molecule has 1 aromatic rings. The van der Waals surface area contributed by atoms with Crippen LogP contribution in [0.15, 0.2) is 6.20 Å². The SMILES string of the molecule is Cn1ncc([N+](=O)[O-])c1C1CCCCO1. The summed E-state index contributed by atoms with van der Waals surface area (Å²) in [7, 11) is 1.71. The molecule has 1 saturated heterocycles. The summed E-state index contributed by atoms with van der Waals surface area (Å²) in [6, 6.07) is 0. The van der Waals surface area contributed by atoms with Crippen LogP contribution >= 0.6 is 0 Å². The lowest BCUT2D eigenvalue weighted by molar-refractivity contribution is -0.386. The molecule has 1 fully saturated rings. The lowest BCUT2D eigenvalue weighted by Gasteiger charge is -2.21. The van der Waals surface area contributed by atoms with Gasteiger partial charge < -0.3 is 4.74 Å². The summed E-state index contributed by atoms with van der Waals surface area (Å²) in [5, 5.41) is 14.7. The van der Waals surface area contributed by atoms with E-state index in [1.807, 2.05) is 0 Å². The molecular formula is C9H13N3O3. The van der Waals surface area contributed by atoms with Crippen molar-refractivity contribution >= 4 is 5.69 Å². The van der Waals surface area contributed by atoms with Gasteiger partial charge in [0.25, 0.3) is 0 Å². The quantitative estimate of drug-likeness (QED) is 0.550. The maximum atomic E-state index is 10.8. The summed E-state index contributed by atoms with van der Waals surface area (Å²) in [6.07, 6.45) is 4.02. The molecule has 1 aliphatic heterocycles. The Bertz CT molecular complexity index is 369. The molecule has 1 aliphatic rings. The topological polar surface area (TPSA) is 70.2 Å². The van der Waals surface area contributed by atoms with Gasteiger partial charge in [0.15, 0.2) is 0 Å². The van der Waals surface area contributed by atoms with Crippen LogP contribution < -0.4 is 0 Å². The molecule has 1 atom stereocenters. The second-order valence-corrected chi connectivity index (χ2v) is 3.65. The first-order chi connectivity index (χ1) is 7.20. The van der Waals surface area contributed by atoms with E-state index in [0.29, 0.717) is 12.3 Å². The van der Waals surface area contributed by atoms with Crippen molar-refractivity contribution in [1.82, 2.24) is 9.78 Å². The summed E-state index contributed by atoms with van der Waals surface area (Å²) in [4.78, 5) is 10.4. The van der Waals surface area contributed by atoms with Crippen molar-refractivity contribution in [3.63, 3.8) is 0 Å². The normalized spacial score (nSPS) is 21.5. The van der Waals surface area contributed by atoms with Crippen LogP contribution in [-0.2, 0) is 11.8 Å². The van der Waals surface area contributed by atoms with Crippen molar-refractivity contribution in [2.75, 3.05) is 6.61 Å². The third-order valence-corrected chi connectivity index (χ3v) is 2.65. The van der Waals surface area contributed by atoms with E-state index in [4.69, 9.17) is 4.74 Å². The van der Waals surface area contributed by atoms with Gasteiger partial charge in [-0.25, -0.2) is 0 Å². The van der Waals surface area contributed by atoms with Crippen LogP contribution in [0.5, 0.6) is 0 Å². The molecule has 0 aromatic carbocycles. The zero-order valence-electron chi connectivity index (χ0n) is 8.55. The van der Waals surface area contributed by atoms with Gasteiger partial charge in [-0.15, -0.1) is 0 Å². The number of hydrogen-bond acceptors (Lipinski definition) is 4. The molecule has 0 radical (unpaired) electrons. The molecule has 15 heavy (non-hydrogen) atoms. The van der Waals surface area contributed by atoms with E-state index in [2.05, 4.69) is 5.10 Å². The third kappa shape index (κ3) is 1.85. The Morgan fingerprint density at radius 1 is 1.67 bits per heavy atom. The van der Waals surface area contributed by atoms with Gasteiger partial charge in [-0.1, -0.05) is 0 Å². The Kier molecular flexibility index (Phi) is 2.68. The molecule has 1 unspecified atom stereocenters. The molecule has 0 N–H and O–H groups in total. The predicted octanol–water partition coefficient (Wildman–Crippen LogP) is 1.57. The number of ether oxygens (including phenoxy) is 1. The average Bonchev–Trinajstić information content (AvgIpc) is 2.61. The second kappa shape index (κ2) is 3.98. The standard InChI is InChI=1S/C9H13N3O3/c1-11-9(7(6-10-11)12(13)14)8-4-2-3-5-15-8/h6,8H,2-5H2,1H3. The Hall–Kier alpha value is -1.43. The van der Waals surface area contributed by atoms with Crippen molar-refractivity contribution in [1.29, 1.82) is 0 Å². The van der Waals surface area contributed by atoms with Crippen LogP contribution in [-0.4, -0.2) is 21.3 Å². The summed E-state index contributed by atoms with van der Waals surface area (Å²) in [5.74, 6) is 0. The summed E-state index contributed by atoms with van der Waals surface area (Å²) >= 11 is 0. The monoisotopic (exact) mass is 211 g/mol. The Morgan fingerprint density at radius 3 is 3.07 bits per heavy atom. The zero-order chi connectivity index (χ0) is 10.8. The molecule has 6 heteroatoms. The highest BCUT2D eigenvalue weighted by Gasteiger charge is 2.28. The number of aryl methyl sites for hydroxylation is 1. The maximum Gasteiger partial charge on any atom is 0.312 e. The second-order valence-electron chi connectivity index (χ2n) is 3.65. The number of hydrogen-bond donors (Lipinski definition) is 0. The first-order valence-electron chi connectivity index (χ1n) is 4.98. The highest BCUT2D eigenvalue weighted by atomic mass is 16.6. The molecule has 1 aromatic heterocycles. The van der Waals surface area contributed by atoms with Crippen LogP contribution in [0.3, 0.4) is 0 Å². The molecule has 2 rings (SSSR count). The van der Waals surface area contributed by atoms with Crippen molar-refractivity contribution in [3.05, 3.63) is 22.0 Å². The van der Waals surface area contributed by atoms with E-state index in [-0.39, 0.29) is 11.8 Å². The van der Waals surface area contributed by atoms with Gasteiger partial charge in [-0.3, -0.25) is 14.8 Å². The summed E-state index contributed by atoms with van der Waals surface area (Å²) < 4.78 is 7.06. The maximum absolute atomic E-state index is 10.8. The smallest absolute Gasteiger partial charge is 0.312 e. The van der Waals surface area contributed by atoms with Gasteiger partial charge in [0.05, 0.1) is 4.92 Å². The minimum Gasteiger partial charge on any atom is -0.372 e. The minimum atomic E-state index is -0.402. The summed E-state index contributed by atoms with van der Waals surface area (Å²) in [5.41, 5.74) is 0.643. The fraction of sp³-hybridized carbons (Fsp3) is 0.667. The van der Waals surface area contributed by atoms with E-state index in [1.54, 1.807) is 7.05 Å². The first kappa shape index (κ1) is 10.1. The summed E-state index contributed by atoms with van der Waals surface area (Å²) in [6.45, 7) is 0.674. The first-order valence-corrected chi connectivity index (χ1v) is 4.98. The Morgan fingerprint density at radius 2 is 2.47 bits per heavy atom. The Labute approximate surface area is 87.0 Å². The van der Waals surface area contributed by atoms with E-state index in [0.717, 1.165) is 19.3 Å². The van der Waals surface area contributed by atoms with Crippen molar-refractivity contribution in [2.24, 2.45) is 7.05 Å². The van der Waals surface area contributed by atoms with Crippen molar-refractivity contribution in [2.45, 2.75) is 25.4 Å². The minimum absolute atomic E-state index is 0.0596. The highest BCUT2D eigenvalue weighted by molar-refractivity contribution is 5.34. The zero-order valence-corrected chi connectivity index (χ0v) is 8.55. The molecule has 0 aliphatic carbocycles. The van der Waals surface area contributed by atoms with Gasteiger partial charge in [0.2, 0.25) is 0 Å². The number of nitrogens with zero attached hydrogens (tertiary/aromatic N) is 3. The fourth-order valence-electron chi connectivity index (χ4n) is 1.91. The van der Waals surface area contributed by atoms with Gasteiger partial charge in [0, 0.05) is 13.7 Å². The van der Waals surface area contributed by atoms with Gasteiger partial charge in [0.1, 0.15) is 18.0 Å². The van der Waals surface area contributed by atoms with Gasteiger partial charge >= 0.3 is 5.69 Å².